The third-order valence-corrected chi connectivity index (χ3v) is 3.11. The molecule has 2 heterocycles. The van der Waals surface area contributed by atoms with Crippen LogP contribution in [0, 0.1) is 0 Å². The monoisotopic (exact) mass is 234 g/mol. The van der Waals surface area contributed by atoms with Crippen LogP contribution in [0.5, 0.6) is 0 Å². The Bertz CT molecular complexity index is 559. The second kappa shape index (κ2) is 5.19. The molecule has 1 aromatic heterocycles. The number of nitrogens with zero attached hydrogens (tertiary/aromatic N) is 1. The SMILES string of the molecule is C=C/C=c1/[nH]c(=O)n(C2CCOCC2)/c1=C/C. The molecule has 1 aliphatic heterocycles. The highest BCUT2D eigenvalue weighted by Crippen LogP contribution is 2.16. The minimum absolute atomic E-state index is 0.0434. The van der Waals surface area contributed by atoms with E-state index in [2.05, 4.69) is 11.6 Å². The van der Waals surface area contributed by atoms with Crippen LogP contribution in [-0.2, 0) is 4.74 Å². The minimum atomic E-state index is -0.0434. The van der Waals surface area contributed by atoms with Gasteiger partial charge in [-0.3, -0.25) is 4.57 Å². The molecule has 1 aliphatic rings. The van der Waals surface area contributed by atoms with E-state index in [0.29, 0.717) is 0 Å². The predicted molar refractivity (Wildman–Crippen MR) is 68.2 cm³/mol. The average molecular weight is 234 g/mol. The van der Waals surface area contributed by atoms with Crippen LogP contribution in [-0.4, -0.2) is 22.8 Å². The van der Waals surface area contributed by atoms with Crippen molar-refractivity contribution in [3.8, 4) is 0 Å². The molecule has 0 atom stereocenters. The fourth-order valence-electron chi connectivity index (χ4n) is 2.32. The van der Waals surface area contributed by atoms with Gasteiger partial charge >= 0.3 is 5.69 Å². The summed E-state index contributed by atoms with van der Waals surface area (Å²) in [5, 5.41) is 1.78. The van der Waals surface area contributed by atoms with Crippen LogP contribution in [0.2, 0.25) is 0 Å². The van der Waals surface area contributed by atoms with E-state index in [1.54, 1.807) is 6.08 Å². The van der Waals surface area contributed by atoms with Crippen molar-refractivity contribution in [1.82, 2.24) is 9.55 Å². The second-order valence-electron chi connectivity index (χ2n) is 4.13. The van der Waals surface area contributed by atoms with E-state index in [4.69, 9.17) is 4.74 Å². The Balaban J connectivity index is 2.57. The van der Waals surface area contributed by atoms with Gasteiger partial charge in [0.1, 0.15) is 0 Å². The summed E-state index contributed by atoms with van der Waals surface area (Å²) in [6.07, 6.45) is 7.26. The minimum Gasteiger partial charge on any atom is -0.381 e. The number of hydrogen-bond acceptors (Lipinski definition) is 2. The van der Waals surface area contributed by atoms with Crippen LogP contribution in [0.15, 0.2) is 17.4 Å². The van der Waals surface area contributed by atoms with Crippen molar-refractivity contribution < 1.29 is 4.74 Å². The molecule has 4 heteroatoms. The molecule has 0 aliphatic carbocycles. The lowest BCUT2D eigenvalue weighted by Crippen LogP contribution is -2.37. The van der Waals surface area contributed by atoms with Crippen LogP contribution in [0.4, 0.5) is 0 Å². The summed E-state index contributed by atoms with van der Waals surface area (Å²) in [6.45, 7) is 7.06. The number of rotatable bonds is 2. The van der Waals surface area contributed by atoms with Gasteiger partial charge in [0.05, 0.1) is 10.7 Å². The fraction of sp³-hybridized carbons (Fsp3) is 0.462. The standard InChI is InChI=1S/C13H18N2O2/c1-3-5-11-12(4-2)15(13(16)14-11)10-6-8-17-9-7-10/h3-5,10H,1,6-9H2,2H3,(H,14,16)/b11-5+,12-4+. The molecular formula is C13H18N2O2. The normalized spacial score (nSPS) is 19.8. The molecule has 92 valence electrons. The lowest BCUT2D eigenvalue weighted by Gasteiger charge is -2.22. The first-order valence-electron chi connectivity index (χ1n) is 5.95. The van der Waals surface area contributed by atoms with Gasteiger partial charge in [0.15, 0.2) is 0 Å². The smallest absolute Gasteiger partial charge is 0.326 e. The molecule has 1 fully saturated rings. The number of aromatic nitrogens is 2. The van der Waals surface area contributed by atoms with Crippen LogP contribution in [0.1, 0.15) is 25.8 Å². The summed E-state index contributed by atoms with van der Waals surface area (Å²) >= 11 is 0. The Hall–Kier alpha value is -1.55. The molecule has 0 saturated carbocycles. The maximum atomic E-state index is 12.0. The highest BCUT2D eigenvalue weighted by Gasteiger charge is 2.18. The molecule has 4 nitrogen and oxygen atoms in total. The van der Waals surface area contributed by atoms with Crippen LogP contribution in [0.25, 0.3) is 12.2 Å². The van der Waals surface area contributed by atoms with Gasteiger partial charge in [-0.15, -0.1) is 0 Å². The summed E-state index contributed by atoms with van der Waals surface area (Å²) in [5.74, 6) is 0. The maximum absolute atomic E-state index is 12.0. The van der Waals surface area contributed by atoms with Crippen molar-refractivity contribution in [1.29, 1.82) is 0 Å². The van der Waals surface area contributed by atoms with Crippen molar-refractivity contribution in [2.45, 2.75) is 25.8 Å². The molecule has 2 rings (SSSR count). The van der Waals surface area contributed by atoms with E-state index in [-0.39, 0.29) is 11.7 Å². The molecular weight excluding hydrogens is 216 g/mol. The molecule has 1 saturated heterocycles. The molecule has 0 unspecified atom stereocenters. The van der Waals surface area contributed by atoms with Crippen LogP contribution in [0.3, 0.4) is 0 Å². The van der Waals surface area contributed by atoms with Crippen molar-refractivity contribution >= 4 is 12.2 Å². The predicted octanol–water partition coefficient (Wildman–Crippen LogP) is 0.295. The Kier molecular flexibility index (Phi) is 3.64. The van der Waals surface area contributed by atoms with Gasteiger partial charge < -0.3 is 9.72 Å². The number of H-pyrrole nitrogens is 1. The molecule has 0 radical (unpaired) electrons. The van der Waals surface area contributed by atoms with E-state index in [0.717, 1.165) is 36.8 Å². The largest absolute Gasteiger partial charge is 0.381 e. The lowest BCUT2D eigenvalue weighted by atomic mass is 10.1. The fourth-order valence-corrected chi connectivity index (χ4v) is 2.32. The third-order valence-electron chi connectivity index (χ3n) is 3.11. The van der Waals surface area contributed by atoms with Gasteiger partial charge in [-0.05, 0) is 25.8 Å². The molecule has 1 N–H and O–H groups in total. The van der Waals surface area contributed by atoms with E-state index >= 15 is 0 Å². The zero-order valence-electron chi connectivity index (χ0n) is 10.1. The average Bonchev–Trinajstić information content (AvgIpc) is 2.67. The zero-order valence-corrected chi connectivity index (χ0v) is 10.1. The lowest BCUT2D eigenvalue weighted by molar-refractivity contribution is 0.0680. The van der Waals surface area contributed by atoms with Gasteiger partial charge in [-0.1, -0.05) is 18.7 Å². The third kappa shape index (κ3) is 2.26. The summed E-state index contributed by atoms with van der Waals surface area (Å²) in [6, 6.07) is 0.241. The first-order valence-corrected chi connectivity index (χ1v) is 5.95. The number of aromatic amines is 1. The van der Waals surface area contributed by atoms with Crippen LogP contribution < -0.4 is 16.4 Å². The molecule has 1 aromatic rings. The second-order valence-corrected chi connectivity index (χ2v) is 4.13. The van der Waals surface area contributed by atoms with E-state index in [1.807, 2.05) is 23.6 Å². The highest BCUT2D eigenvalue weighted by atomic mass is 16.5. The molecule has 17 heavy (non-hydrogen) atoms. The Morgan fingerprint density at radius 3 is 2.76 bits per heavy atom. The number of hydrogen-bond donors (Lipinski definition) is 1. The summed E-state index contributed by atoms with van der Waals surface area (Å²) in [5.41, 5.74) is -0.0434. The highest BCUT2D eigenvalue weighted by molar-refractivity contribution is 5.34. The summed E-state index contributed by atoms with van der Waals surface area (Å²) < 4.78 is 7.17. The zero-order chi connectivity index (χ0) is 12.3. The number of allylic oxidation sites excluding steroid dienone is 1. The van der Waals surface area contributed by atoms with E-state index in [9.17, 15) is 4.79 Å². The Labute approximate surface area is 99.9 Å². The van der Waals surface area contributed by atoms with Crippen LogP contribution >= 0.6 is 0 Å². The van der Waals surface area contributed by atoms with Crippen molar-refractivity contribution in [3.05, 3.63) is 33.8 Å². The van der Waals surface area contributed by atoms with Gasteiger partial charge in [0.25, 0.3) is 0 Å². The molecule has 0 bridgehead atoms. The van der Waals surface area contributed by atoms with E-state index < -0.39 is 0 Å². The first-order chi connectivity index (χ1) is 8.27. The van der Waals surface area contributed by atoms with Gasteiger partial charge in [0.2, 0.25) is 0 Å². The topological polar surface area (TPSA) is 47.0 Å². The van der Waals surface area contributed by atoms with Crippen molar-refractivity contribution in [2.75, 3.05) is 13.2 Å². The molecule has 0 aromatic carbocycles. The van der Waals surface area contributed by atoms with Crippen molar-refractivity contribution in [3.63, 3.8) is 0 Å². The van der Waals surface area contributed by atoms with Crippen molar-refractivity contribution in [2.24, 2.45) is 0 Å². The Morgan fingerprint density at radius 1 is 1.47 bits per heavy atom. The summed E-state index contributed by atoms with van der Waals surface area (Å²) in [4.78, 5) is 14.9. The van der Waals surface area contributed by atoms with E-state index in [1.165, 1.54) is 0 Å². The van der Waals surface area contributed by atoms with Gasteiger partial charge in [0, 0.05) is 19.3 Å². The molecule has 0 spiro atoms. The molecule has 0 amide bonds. The van der Waals surface area contributed by atoms with Gasteiger partial charge in [-0.25, -0.2) is 4.79 Å². The quantitative estimate of drug-likeness (QED) is 0.799. The number of imidazole rings is 1. The number of nitrogens with one attached hydrogen (secondary N) is 1. The van der Waals surface area contributed by atoms with Gasteiger partial charge in [-0.2, -0.15) is 0 Å². The first kappa shape index (κ1) is 11.9. The maximum Gasteiger partial charge on any atom is 0.326 e. The Morgan fingerprint density at radius 2 is 2.18 bits per heavy atom. The number of ether oxygens (including phenoxy) is 1. The summed E-state index contributed by atoms with van der Waals surface area (Å²) in [7, 11) is 0.